The topological polar surface area (TPSA) is 54.9 Å². The third-order valence-corrected chi connectivity index (χ3v) is 4.95. The maximum Gasteiger partial charge on any atom is 0.258 e. The molecule has 0 aliphatic rings. The maximum atomic E-state index is 12.3. The van der Waals surface area contributed by atoms with E-state index in [9.17, 15) is 4.79 Å². The molecule has 0 radical (unpaired) electrons. The van der Waals surface area contributed by atoms with Crippen LogP contribution in [0.4, 0.5) is 5.13 Å². The molecule has 3 aromatic rings. The first-order valence-electron chi connectivity index (χ1n) is 6.60. The van der Waals surface area contributed by atoms with Crippen molar-refractivity contribution >= 4 is 45.0 Å². The van der Waals surface area contributed by atoms with E-state index in [0.717, 1.165) is 19.7 Å². The first kappa shape index (κ1) is 15.1. The lowest BCUT2D eigenvalue weighted by atomic mass is 10.1. The Hall–Kier alpha value is -1.80. The summed E-state index contributed by atoms with van der Waals surface area (Å²) in [5, 5.41) is 12.3. The lowest BCUT2D eigenvalue weighted by Crippen LogP contribution is -2.13. The smallest absolute Gasteiger partial charge is 0.258 e. The lowest BCUT2D eigenvalue weighted by Gasteiger charge is -2.03. The lowest BCUT2D eigenvalue weighted by molar-refractivity contribution is 0.102. The summed E-state index contributed by atoms with van der Waals surface area (Å²) in [7, 11) is 0. The molecule has 0 spiro atoms. The number of halogens is 1. The van der Waals surface area contributed by atoms with Crippen LogP contribution in [0.25, 0.3) is 10.6 Å². The Morgan fingerprint density at radius 1 is 1.09 bits per heavy atom. The van der Waals surface area contributed by atoms with Crippen LogP contribution in [0, 0.1) is 10.5 Å². The number of benzene rings is 2. The van der Waals surface area contributed by atoms with Gasteiger partial charge in [0.1, 0.15) is 5.01 Å². The molecule has 6 heteroatoms. The average Bonchev–Trinajstić information content (AvgIpc) is 2.96. The summed E-state index contributed by atoms with van der Waals surface area (Å²) in [6, 6.07) is 15.4. The summed E-state index contributed by atoms with van der Waals surface area (Å²) in [5.41, 5.74) is 2.81. The first-order chi connectivity index (χ1) is 10.6. The van der Waals surface area contributed by atoms with Crippen molar-refractivity contribution in [3.8, 4) is 10.6 Å². The van der Waals surface area contributed by atoms with E-state index in [1.165, 1.54) is 11.3 Å². The zero-order valence-corrected chi connectivity index (χ0v) is 14.7. The van der Waals surface area contributed by atoms with Crippen LogP contribution in [-0.4, -0.2) is 16.1 Å². The van der Waals surface area contributed by atoms with E-state index in [4.69, 9.17) is 0 Å². The van der Waals surface area contributed by atoms with Gasteiger partial charge in [0.25, 0.3) is 5.91 Å². The Morgan fingerprint density at radius 2 is 1.82 bits per heavy atom. The second-order valence-corrected chi connectivity index (χ2v) is 6.80. The molecule has 1 amide bonds. The van der Waals surface area contributed by atoms with E-state index in [1.54, 1.807) is 6.07 Å². The van der Waals surface area contributed by atoms with Crippen LogP contribution in [-0.2, 0) is 0 Å². The van der Waals surface area contributed by atoms with Crippen LogP contribution in [0.5, 0.6) is 0 Å². The van der Waals surface area contributed by atoms with Crippen LogP contribution in [0.15, 0.2) is 48.5 Å². The van der Waals surface area contributed by atoms with Gasteiger partial charge in [0.05, 0.1) is 5.56 Å². The average molecular weight is 421 g/mol. The number of carbonyl (C=O) groups excluding carboxylic acids is 1. The predicted octanol–water partition coefficient (Wildman–Crippen LogP) is 4.37. The molecule has 0 unspecified atom stereocenters. The Bertz CT molecular complexity index is 832. The third-order valence-electron chi connectivity index (χ3n) is 3.14. The van der Waals surface area contributed by atoms with Gasteiger partial charge in [-0.2, -0.15) is 0 Å². The number of aryl methyl sites for hydroxylation is 1. The molecule has 0 saturated heterocycles. The van der Waals surface area contributed by atoms with Crippen LogP contribution in [0.1, 0.15) is 15.9 Å². The van der Waals surface area contributed by atoms with Gasteiger partial charge in [-0.15, -0.1) is 10.2 Å². The third kappa shape index (κ3) is 3.17. The molecule has 0 aliphatic carbocycles. The minimum absolute atomic E-state index is 0.169. The fourth-order valence-corrected chi connectivity index (χ4v) is 3.47. The molecule has 22 heavy (non-hydrogen) atoms. The molecule has 2 aromatic carbocycles. The monoisotopic (exact) mass is 421 g/mol. The zero-order valence-electron chi connectivity index (χ0n) is 11.7. The zero-order chi connectivity index (χ0) is 15.5. The molecule has 4 nitrogen and oxygen atoms in total. The molecular weight excluding hydrogens is 409 g/mol. The second kappa shape index (κ2) is 6.53. The number of anilines is 1. The molecule has 0 fully saturated rings. The molecular formula is C16H12IN3OS. The molecule has 0 bridgehead atoms. The summed E-state index contributed by atoms with van der Waals surface area (Å²) in [6.45, 7) is 2.03. The second-order valence-electron chi connectivity index (χ2n) is 4.66. The molecule has 1 N–H and O–H groups in total. The van der Waals surface area contributed by atoms with Crippen LogP contribution >= 0.6 is 33.9 Å². The van der Waals surface area contributed by atoms with Crippen molar-refractivity contribution < 1.29 is 4.79 Å². The van der Waals surface area contributed by atoms with Gasteiger partial charge in [0, 0.05) is 9.13 Å². The SMILES string of the molecule is Cc1ccccc1-c1nnc(NC(=O)c2ccccc2I)s1. The number of rotatable bonds is 3. The predicted molar refractivity (Wildman–Crippen MR) is 97.2 cm³/mol. The summed E-state index contributed by atoms with van der Waals surface area (Å²) < 4.78 is 0.904. The van der Waals surface area contributed by atoms with Crippen molar-refractivity contribution in [2.75, 3.05) is 5.32 Å². The molecule has 0 saturated carbocycles. The van der Waals surface area contributed by atoms with Gasteiger partial charge >= 0.3 is 0 Å². The number of hydrogen-bond acceptors (Lipinski definition) is 4. The minimum atomic E-state index is -0.169. The number of hydrogen-bond donors (Lipinski definition) is 1. The highest BCUT2D eigenvalue weighted by Gasteiger charge is 2.13. The number of nitrogens with zero attached hydrogens (tertiary/aromatic N) is 2. The van der Waals surface area contributed by atoms with Gasteiger partial charge in [0.15, 0.2) is 0 Å². The van der Waals surface area contributed by atoms with E-state index >= 15 is 0 Å². The Balaban J connectivity index is 1.82. The van der Waals surface area contributed by atoms with E-state index in [2.05, 4.69) is 38.1 Å². The fourth-order valence-electron chi connectivity index (χ4n) is 2.01. The van der Waals surface area contributed by atoms with E-state index in [-0.39, 0.29) is 5.91 Å². The summed E-state index contributed by atoms with van der Waals surface area (Å²) >= 11 is 3.52. The number of amides is 1. The summed E-state index contributed by atoms with van der Waals surface area (Å²) in [4.78, 5) is 12.3. The number of aromatic nitrogens is 2. The van der Waals surface area contributed by atoms with Gasteiger partial charge in [-0.25, -0.2) is 0 Å². The largest absolute Gasteiger partial charge is 0.296 e. The number of carbonyl (C=O) groups is 1. The number of nitrogens with one attached hydrogen (secondary N) is 1. The summed E-state index contributed by atoms with van der Waals surface area (Å²) in [6.07, 6.45) is 0. The van der Waals surface area contributed by atoms with Crippen molar-refractivity contribution in [2.24, 2.45) is 0 Å². The molecule has 0 atom stereocenters. The standard InChI is InChI=1S/C16H12IN3OS/c1-10-6-2-3-7-11(10)15-19-20-16(22-15)18-14(21)12-8-4-5-9-13(12)17/h2-9H,1H3,(H,18,20,21). The van der Waals surface area contributed by atoms with Crippen LogP contribution in [0.2, 0.25) is 0 Å². The van der Waals surface area contributed by atoms with Crippen molar-refractivity contribution in [3.05, 3.63) is 63.2 Å². The molecule has 110 valence electrons. The van der Waals surface area contributed by atoms with Gasteiger partial charge < -0.3 is 0 Å². The van der Waals surface area contributed by atoms with Crippen molar-refractivity contribution in [1.82, 2.24) is 10.2 Å². The van der Waals surface area contributed by atoms with E-state index in [0.29, 0.717) is 10.7 Å². The van der Waals surface area contributed by atoms with Crippen molar-refractivity contribution in [1.29, 1.82) is 0 Å². The quantitative estimate of drug-likeness (QED) is 0.640. The van der Waals surface area contributed by atoms with E-state index in [1.807, 2.05) is 49.4 Å². The normalized spacial score (nSPS) is 10.5. The molecule has 1 heterocycles. The molecule has 0 aliphatic heterocycles. The Labute approximate surface area is 145 Å². The van der Waals surface area contributed by atoms with Gasteiger partial charge in [0.2, 0.25) is 5.13 Å². The van der Waals surface area contributed by atoms with Crippen LogP contribution < -0.4 is 5.32 Å². The van der Waals surface area contributed by atoms with Gasteiger partial charge in [-0.05, 0) is 47.2 Å². The van der Waals surface area contributed by atoms with Crippen molar-refractivity contribution in [3.63, 3.8) is 0 Å². The fraction of sp³-hybridized carbons (Fsp3) is 0.0625. The highest BCUT2D eigenvalue weighted by atomic mass is 127. The van der Waals surface area contributed by atoms with E-state index < -0.39 is 0 Å². The summed E-state index contributed by atoms with van der Waals surface area (Å²) in [5.74, 6) is -0.169. The Kier molecular flexibility index (Phi) is 4.49. The molecule has 1 aromatic heterocycles. The highest BCUT2D eigenvalue weighted by molar-refractivity contribution is 14.1. The first-order valence-corrected chi connectivity index (χ1v) is 8.50. The molecule has 3 rings (SSSR count). The van der Waals surface area contributed by atoms with Crippen molar-refractivity contribution in [2.45, 2.75) is 6.92 Å². The van der Waals surface area contributed by atoms with Gasteiger partial charge in [-0.3, -0.25) is 10.1 Å². The highest BCUT2D eigenvalue weighted by Crippen LogP contribution is 2.29. The maximum absolute atomic E-state index is 12.3. The van der Waals surface area contributed by atoms with Gasteiger partial charge in [-0.1, -0.05) is 47.7 Å². The van der Waals surface area contributed by atoms with Crippen LogP contribution in [0.3, 0.4) is 0 Å². The Morgan fingerprint density at radius 3 is 2.59 bits per heavy atom. The minimum Gasteiger partial charge on any atom is -0.296 e.